The molecule has 9 nitrogen and oxygen atoms in total. The van der Waals surface area contributed by atoms with Crippen molar-refractivity contribution in [3.05, 3.63) is 70.2 Å². The van der Waals surface area contributed by atoms with Gasteiger partial charge in [0.1, 0.15) is 29.9 Å². The lowest BCUT2D eigenvalue weighted by Crippen LogP contribution is -2.51. The summed E-state index contributed by atoms with van der Waals surface area (Å²) in [5.41, 5.74) is 0.350. The van der Waals surface area contributed by atoms with Gasteiger partial charge in [-0.15, -0.1) is 16.7 Å². The largest absolute Gasteiger partial charge is 0.458 e. The van der Waals surface area contributed by atoms with Gasteiger partial charge < -0.3 is 15.0 Å². The molecule has 1 heterocycles. The second kappa shape index (κ2) is 12.6. The van der Waals surface area contributed by atoms with Crippen LogP contribution < -0.4 is 5.32 Å². The van der Waals surface area contributed by atoms with Crippen LogP contribution in [-0.2, 0) is 25.5 Å². The van der Waals surface area contributed by atoms with Crippen LogP contribution in [0.2, 0.25) is 10.2 Å². The van der Waals surface area contributed by atoms with Crippen molar-refractivity contribution >= 4 is 58.3 Å². The highest BCUT2D eigenvalue weighted by Crippen LogP contribution is 2.25. The van der Waals surface area contributed by atoms with Crippen molar-refractivity contribution < 1.29 is 23.5 Å². The van der Waals surface area contributed by atoms with Crippen molar-refractivity contribution in [3.63, 3.8) is 0 Å². The maximum Gasteiger partial charge on any atom is 0.329 e. The van der Waals surface area contributed by atoms with Crippen LogP contribution in [-0.4, -0.2) is 61.7 Å². The van der Waals surface area contributed by atoms with Gasteiger partial charge in [-0.3, -0.25) is 9.59 Å². The molecule has 3 aromatic rings. The maximum absolute atomic E-state index is 13.5. The van der Waals surface area contributed by atoms with Crippen LogP contribution in [0.3, 0.4) is 0 Å². The quantitative estimate of drug-likeness (QED) is 0.289. The fourth-order valence-electron chi connectivity index (χ4n) is 3.50. The number of esters is 1. The third-order valence-corrected chi connectivity index (χ3v) is 5.73. The summed E-state index contributed by atoms with van der Waals surface area (Å²) in [7, 11) is 0. The van der Waals surface area contributed by atoms with Crippen molar-refractivity contribution in [2.24, 2.45) is 0 Å². The lowest BCUT2D eigenvalue weighted by atomic mass is 10.0. The van der Waals surface area contributed by atoms with Crippen LogP contribution >= 0.6 is 34.8 Å². The molecular weight excluding hydrogens is 560 g/mol. The number of carbonyl (C=O) groups excluding carboxylic acids is 3. The van der Waals surface area contributed by atoms with E-state index in [1.54, 1.807) is 32.9 Å². The van der Waals surface area contributed by atoms with E-state index in [-0.39, 0.29) is 17.3 Å². The SMILES string of the molecule is CC(C)(C)OC(=O)C(Cc1ccc(F)cc1)N(CC(=O)Nc1cc(Cl)ccc1-n1cc(Cl)nn1)C(=O)CCl. The minimum Gasteiger partial charge on any atom is -0.458 e. The molecule has 3 rings (SSSR count). The molecule has 13 heteroatoms. The molecule has 2 amide bonds. The first kappa shape index (κ1) is 29.3. The number of carbonyl (C=O) groups is 3. The van der Waals surface area contributed by atoms with Crippen LogP contribution in [0, 0.1) is 5.82 Å². The smallest absolute Gasteiger partial charge is 0.329 e. The lowest BCUT2D eigenvalue weighted by Gasteiger charge is -2.32. The monoisotopic (exact) mass is 583 g/mol. The Morgan fingerprint density at radius 2 is 1.82 bits per heavy atom. The van der Waals surface area contributed by atoms with Crippen LogP contribution in [0.4, 0.5) is 10.1 Å². The van der Waals surface area contributed by atoms with Gasteiger partial charge in [-0.25, -0.2) is 13.9 Å². The summed E-state index contributed by atoms with van der Waals surface area (Å²) in [6.45, 7) is 4.49. The average Bonchev–Trinajstić information content (AvgIpc) is 3.26. The Hall–Kier alpha value is -3.21. The van der Waals surface area contributed by atoms with E-state index in [1.807, 2.05) is 0 Å². The average molecular weight is 585 g/mol. The molecule has 0 spiro atoms. The van der Waals surface area contributed by atoms with Gasteiger partial charge >= 0.3 is 5.97 Å². The Morgan fingerprint density at radius 1 is 1.13 bits per heavy atom. The summed E-state index contributed by atoms with van der Waals surface area (Å²) in [5, 5.41) is 10.8. The lowest BCUT2D eigenvalue weighted by molar-refractivity contribution is -0.164. The molecule has 1 aromatic heterocycles. The van der Waals surface area contributed by atoms with Crippen LogP contribution in [0.25, 0.3) is 5.69 Å². The van der Waals surface area contributed by atoms with E-state index in [1.165, 1.54) is 41.2 Å². The number of anilines is 1. The Balaban J connectivity index is 1.91. The molecule has 1 N–H and O–H groups in total. The first-order valence-corrected chi connectivity index (χ1v) is 12.7. The summed E-state index contributed by atoms with van der Waals surface area (Å²) < 4.78 is 20.3. The molecule has 0 bridgehead atoms. The molecule has 38 heavy (non-hydrogen) atoms. The summed E-state index contributed by atoms with van der Waals surface area (Å²) in [6, 6.07) is 8.90. The van der Waals surface area contributed by atoms with Gasteiger partial charge in [0.15, 0.2) is 5.15 Å². The number of benzene rings is 2. The first-order chi connectivity index (χ1) is 17.9. The number of nitrogens with one attached hydrogen (secondary N) is 1. The van der Waals surface area contributed by atoms with Gasteiger partial charge in [-0.2, -0.15) is 0 Å². The number of amides is 2. The fourth-order valence-corrected chi connectivity index (χ4v) is 3.95. The Labute approximate surface area is 233 Å². The summed E-state index contributed by atoms with van der Waals surface area (Å²) in [5.74, 6) is -3.01. The second-order valence-electron chi connectivity index (χ2n) is 9.23. The fraction of sp³-hybridized carbons (Fsp3) is 0.320. The zero-order valence-electron chi connectivity index (χ0n) is 20.8. The molecule has 0 aliphatic rings. The maximum atomic E-state index is 13.5. The van der Waals surface area contributed by atoms with Gasteiger partial charge in [0.25, 0.3) is 0 Å². The molecule has 0 saturated carbocycles. The number of aromatic nitrogens is 3. The van der Waals surface area contributed by atoms with Gasteiger partial charge in [0, 0.05) is 11.4 Å². The van der Waals surface area contributed by atoms with E-state index < -0.39 is 47.7 Å². The highest BCUT2D eigenvalue weighted by atomic mass is 35.5. The standard InChI is InChI=1S/C25H25Cl3FN5O4/c1-25(2,3)38-24(37)20(10-15-4-7-17(29)8-5-15)33(23(36)12-26)14-22(35)30-18-11-16(27)6-9-19(18)34-13-21(28)31-32-34/h4-9,11,13,20H,10,12,14H2,1-3H3,(H,30,35). The highest BCUT2D eigenvalue weighted by molar-refractivity contribution is 6.31. The Kier molecular flexibility index (Phi) is 9.70. The van der Waals surface area contributed by atoms with E-state index in [0.29, 0.717) is 16.3 Å². The first-order valence-electron chi connectivity index (χ1n) is 11.4. The summed E-state index contributed by atoms with van der Waals surface area (Å²) in [6.07, 6.45) is 1.40. The summed E-state index contributed by atoms with van der Waals surface area (Å²) in [4.78, 5) is 40.3. The highest BCUT2D eigenvalue weighted by Gasteiger charge is 2.34. The van der Waals surface area contributed by atoms with Gasteiger partial charge in [0.05, 0.1) is 17.6 Å². The third kappa shape index (κ3) is 8.14. The third-order valence-electron chi connectivity index (χ3n) is 5.09. The van der Waals surface area contributed by atoms with Gasteiger partial charge in [-0.1, -0.05) is 40.5 Å². The number of rotatable bonds is 9. The number of hydrogen-bond acceptors (Lipinski definition) is 6. The molecular formula is C25H25Cl3FN5O4. The molecule has 0 radical (unpaired) electrons. The number of ether oxygens (including phenoxy) is 1. The van der Waals surface area contributed by atoms with Crippen LogP contribution in [0.15, 0.2) is 48.7 Å². The normalized spacial score (nSPS) is 12.1. The van der Waals surface area contributed by atoms with Crippen molar-refractivity contribution in [1.29, 1.82) is 0 Å². The summed E-state index contributed by atoms with van der Waals surface area (Å²) >= 11 is 17.9. The Bertz CT molecular complexity index is 1310. The zero-order chi connectivity index (χ0) is 28.0. The van der Waals surface area contributed by atoms with Crippen LogP contribution in [0.1, 0.15) is 26.3 Å². The van der Waals surface area contributed by atoms with Crippen molar-refractivity contribution in [1.82, 2.24) is 19.9 Å². The number of halogens is 4. The number of hydrogen-bond donors (Lipinski definition) is 1. The molecule has 1 unspecified atom stereocenters. The molecule has 202 valence electrons. The second-order valence-corrected chi connectivity index (χ2v) is 10.3. The number of alkyl halides is 1. The van der Waals surface area contributed by atoms with E-state index in [9.17, 15) is 18.8 Å². The molecule has 0 aliphatic carbocycles. The molecule has 1 atom stereocenters. The van der Waals surface area contributed by atoms with Crippen molar-refractivity contribution in [2.45, 2.75) is 38.8 Å². The predicted molar refractivity (Wildman–Crippen MR) is 142 cm³/mol. The van der Waals surface area contributed by atoms with E-state index >= 15 is 0 Å². The topological polar surface area (TPSA) is 106 Å². The molecule has 2 aromatic carbocycles. The minimum atomic E-state index is -1.22. The predicted octanol–water partition coefficient (Wildman–Crippen LogP) is 4.67. The molecule has 0 aliphatic heterocycles. The van der Waals surface area contributed by atoms with E-state index in [0.717, 1.165) is 4.90 Å². The Morgan fingerprint density at radius 3 is 2.39 bits per heavy atom. The van der Waals surface area contributed by atoms with Gasteiger partial charge in [-0.05, 0) is 56.7 Å². The van der Waals surface area contributed by atoms with E-state index in [4.69, 9.17) is 39.5 Å². The van der Waals surface area contributed by atoms with Crippen molar-refractivity contribution in [2.75, 3.05) is 17.7 Å². The zero-order valence-corrected chi connectivity index (χ0v) is 23.0. The van der Waals surface area contributed by atoms with Gasteiger partial charge in [0.2, 0.25) is 11.8 Å². The minimum absolute atomic E-state index is 0.0367. The number of nitrogens with zero attached hydrogens (tertiary/aromatic N) is 4. The molecule has 0 saturated heterocycles. The van der Waals surface area contributed by atoms with E-state index in [2.05, 4.69) is 15.6 Å². The molecule has 0 fully saturated rings. The van der Waals surface area contributed by atoms with Crippen molar-refractivity contribution in [3.8, 4) is 5.69 Å². The van der Waals surface area contributed by atoms with Crippen LogP contribution in [0.5, 0.6) is 0 Å².